The SMILES string of the molecule is CN=CCN(CCN1CCNC1=O)Cc1cccc(-c2ccc(Oc3ccc(F)cc3)cc2)n1. The fourth-order valence-electron chi connectivity index (χ4n) is 3.71. The van der Waals surface area contributed by atoms with Crippen LogP contribution in [0.2, 0.25) is 0 Å². The van der Waals surface area contributed by atoms with Crippen molar-refractivity contribution in [2.24, 2.45) is 4.99 Å². The van der Waals surface area contributed by atoms with E-state index in [1.807, 2.05) is 53.6 Å². The van der Waals surface area contributed by atoms with Crippen LogP contribution in [0.15, 0.2) is 71.7 Å². The molecule has 1 aromatic heterocycles. The van der Waals surface area contributed by atoms with Gasteiger partial charge in [0, 0.05) is 58.1 Å². The Hall–Kier alpha value is -3.78. The number of aliphatic imine (C=N–C) groups is 1. The first kappa shape index (κ1) is 23.4. The monoisotopic (exact) mass is 461 g/mol. The summed E-state index contributed by atoms with van der Waals surface area (Å²) in [7, 11) is 1.76. The summed E-state index contributed by atoms with van der Waals surface area (Å²) in [5, 5.41) is 2.84. The van der Waals surface area contributed by atoms with Crippen LogP contribution in [0.1, 0.15) is 5.69 Å². The number of carbonyl (C=O) groups is 1. The lowest BCUT2D eigenvalue weighted by Crippen LogP contribution is -2.37. The minimum absolute atomic E-state index is 0.00362. The van der Waals surface area contributed by atoms with Crippen LogP contribution in [0.5, 0.6) is 11.5 Å². The fraction of sp³-hybridized carbons (Fsp3) is 0.269. The van der Waals surface area contributed by atoms with E-state index in [9.17, 15) is 9.18 Å². The number of amides is 2. The molecule has 8 heteroatoms. The molecule has 2 amide bonds. The molecule has 4 rings (SSSR count). The summed E-state index contributed by atoms with van der Waals surface area (Å²) in [6.45, 7) is 4.18. The lowest BCUT2D eigenvalue weighted by Gasteiger charge is -2.23. The average Bonchev–Trinajstić information content (AvgIpc) is 3.27. The van der Waals surface area contributed by atoms with Crippen LogP contribution in [0.3, 0.4) is 0 Å². The van der Waals surface area contributed by atoms with Crippen LogP contribution in [0.4, 0.5) is 9.18 Å². The summed E-state index contributed by atoms with van der Waals surface area (Å²) in [5.41, 5.74) is 2.79. The van der Waals surface area contributed by atoms with Crippen LogP contribution in [0.25, 0.3) is 11.3 Å². The topological polar surface area (TPSA) is 70.1 Å². The van der Waals surface area contributed by atoms with Crippen molar-refractivity contribution in [2.75, 3.05) is 39.8 Å². The highest BCUT2D eigenvalue weighted by atomic mass is 19.1. The summed E-state index contributed by atoms with van der Waals surface area (Å²) < 4.78 is 18.9. The van der Waals surface area contributed by atoms with E-state index in [1.165, 1.54) is 12.1 Å². The molecule has 1 aliphatic heterocycles. The maximum atomic E-state index is 13.1. The molecule has 0 aliphatic carbocycles. The van der Waals surface area contributed by atoms with Gasteiger partial charge in [0.15, 0.2) is 0 Å². The van der Waals surface area contributed by atoms with Crippen LogP contribution >= 0.6 is 0 Å². The third-order valence-corrected chi connectivity index (χ3v) is 5.55. The maximum absolute atomic E-state index is 13.1. The van der Waals surface area contributed by atoms with Crippen molar-refractivity contribution in [3.8, 4) is 22.8 Å². The number of hydrogen-bond donors (Lipinski definition) is 1. The van der Waals surface area contributed by atoms with Crippen LogP contribution < -0.4 is 10.1 Å². The molecular formula is C26H28FN5O2. The Morgan fingerprint density at radius 1 is 1.12 bits per heavy atom. The highest BCUT2D eigenvalue weighted by molar-refractivity contribution is 5.76. The summed E-state index contributed by atoms with van der Waals surface area (Å²) in [6.07, 6.45) is 1.87. The normalized spacial score (nSPS) is 13.6. The number of hydrogen-bond acceptors (Lipinski definition) is 5. The molecule has 2 aromatic carbocycles. The number of pyridine rings is 1. The second-order valence-corrected chi connectivity index (χ2v) is 7.99. The van der Waals surface area contributed by atoms with E-state index in [0.717, 1.165) is 30.0 Å². The van der Waals surface area contributed by atoms with Crippen molar-refractivity contribution >= 4 is 12.2 Å². The predicted molar refractivity (Wildman–Crippen MR) is 131 cm³/mol. The Morgan fingerprint density at radius 3 is 2.53 bits per heavy atom. The van der Waals surface area contributed by atoms with Crippen molar-refractivity contribution in [2.45, 2.75) is 6.54 Å². The molecule has 1 aliphatic rings. The lowest BCUT2D eigenvalue weighted by molar-refractivity contribution is 0.204. The Morgan fingerprint density at radius 2 is 1.85 bits per heavy atom. The smallest absolute Gasteiger partial charge is 0.317 e. The van der Waals surface area contributed by atoms with E-state index in [0.29, 0.717) is 37.7 Å². The minimum Gasteiger partial charge on any atom is -0.457 e. The molecule has 176 valence electrons. The Labute approximate surface area is 198 Å². The van der Waals surface area contributed by atoms with Gasteiger partial charge in [-0.25, -0.2) is 9.18 Å². The van der Waals surface area contributed by atoms with E-state index in [2.05, 4.69) is 15.2 Å². The second-order valence-electron chi connectivity index (χ2n) is 7.99. The molecule has 2 heterocycles. The van der Waals surface area contributed by atoms with Crippen molar-refractivity contribution in [1.29, 1.82) is 0 Å². The molecule has 1 saturated heterocycles. The lowest BCUT2D eigenvalue weighted by atomic mass is 10.1. The van der Waals surface area contributed by atoms with E-state index in [-0.39, 0.29) is 11.8 Å². The summed E-state index contributed by atoms with van der Waals surface area (Å²) >= 11 is 0. The molecule has 1 fully saturated rings. The van der Waals surface area contributed by atoms with Crippen molar-refractivity contribution in [3.05, 3.63) is 78.2 Å². The highest BCUT2D eigenvalue weighted by Crippen LogP contribution is 2.25. The number of carbonyl (C=O) groups excluding carboxylic acids is 1. The summed E-state index contributed by atoms with van der Waals surface area (Å²) in [4.78, 5) is 24.8. The van der Waals surface area contributed by atoms with Gasteiger partial charge in [-0.05, 0) is 60.7 Å². The second kappa shape index (κ2) is 11.4. The average molecular weight is 462 g/mol. The van der Waals surface area contributed by atoms with Gasteiger partial charge in [0.25, 0.3) is 0 Å². The zero-order valence-electron chi connectivity index (χ0n) is 19.2. The first-order chi connectivity index (χ1) is 16.6. The van der Waals surface area contributed by atoms with Gasteiger partial charge in [0.2, 0.25) is 0 Å². The van der Waals surface area contributed by atoms with Gasteiger partial charge < -0.3 is 15.0 Å². The third-order valence-electron chi connectivity index (χ3n) is 5.55. The van der Waals surface area contributed by atoms with E-state index >= 15 is 0 Å². The molecule has 0 atom stereocenters. The van der Waals surface area contributed by atoms with Gasteiger partial charge >= 0.3 is 6.03 Å². The maximum Gasteiger partial charge on any atom is 0.317 e. The van der Waals surface area contributed by atoms with Gasteiger partial charge in [-0.15, -0.1) is 0 Å². The number of nitrogens with one attached hydrogen (secondary N) is 1. The number of halogens is 1. The number of aromatic nitrogens is 1. The van der Waals surface area contributed by atoms with E-state index in [1.54, 1.807) is 19.2 Å². The van der Waals surface area contributed by atoms with Crippen LogP contribution in [0, 0.1) is 5.82 Å². The molecular weight excluding hydrogens is 433 g/mol. The van der Waals surface area contributed by atoms with Gasteiger partial charge in [-0.3, -0.25) is 14.9 Å². The standard InChI is InChI=1S/C26H28FN5O2/c1-28-13-15-31(17-18-32-16-14-29-26(32)33)19-22-3-2-4-25(30-22)20-5-9-23(10-6-20)34-24-11-7-21(27)8-12-24/h2-13H,14-19H2,1H3,(H,29,33). The quantitative estimate of drug-likeness (QED) is 0.459. The molecule has 0 saturated carbocycles. The highest BCUT2D eigenvalue weighted by Gasteiger charge is 2.20. The minimum atomic E-state index is -0.296. The molecule has 34 heavy (non-hydrogen) atoms. The van der Waals surface area contributed by atoms with Gasteiger partial charge in [0.05, 0.1) is 11.4 Å². The van der Waals surface area contributed by atoms with Gasteiger partial charge in [-0.2, -0.15) is 0 Å². The number of urea groups is 1. The van der Waals surface area contributed by atoms with Crippen LogP contribution in [-0.2, 0) is 6.54 Å². The molecule has 0 radical (unpaired) electrons. The fourth-order valence-corrected chi connectivity index (χ4v) is 3.71. The Kier molecular flexibility index (Phi) is 7.83. The number of nitrogens with zero attached hydrogens (tertiary/aromatic N) is 4. The molecule has 7 nitrogen and oxygen atoms in total. The number of ether oxygens (including phenoxy) is 1. The zero-order chi connectivity index (χ0) is 23.8. The molecule has 0 spiro atoms. The van der Waals surface area contributed by atoms with Crippen molar-refractivity contribution in [3.63, 3.8) is 0 Å². The van der Waals surface area contributed by atoms with Crippen LogP contribution in [-0.4, -0.2) is 66.8 Å². The van der Waals surface area contributed by atoms with Crippen molar-refractivity contribution in [1.82, 2.24) is 20.1 Å². The van der Waals surface area contributed by atoms with Gasteiger partial charge in [-0.1, -0.05) is 6.07 Å². The molecule has 0 bridgehead atoms. The molecule has 1 N–H and O–H groups in total. The van der Waals surface area contributed by atoms with E-state index < -0.39 is 0 Å². The molecule has 3 aromatic rings. The Bertz CT molecular complexity index is 1120. The first-order valence-corrected chi connectivity index (χ1v) is 11.3. The predicted octanol–water partition coefficient (Wildman–Crippen LogP) is 4.21. The molecule has 0 unspecified atom stereocenters. The van der Waals surface area contributed by atoms with Crippen molar-refractivity contribution < 1.29 is 13.9 Å². The largest absolute Gasteiger partial charge is 0.457 e. The number of benzene rings is 2. The van der Waals surface area contributed by atoms with E-state index in [4.69, 9.17) is 9.72 Å². The third kappa shape index (κ3) is 6.39. The Balaban J connectivity index is 1.41. The first-order valence-electron chi connectivity index (χ1n) is 11.3. The zero-order valence-corrected chi connectivity index (χ0v) is 19.2. The summed E-state index contributed by atoms with van der Waals surface area (Å²) in [6, 6.07) is 19.6. The van der Waals surface area contributed by atoms with Gasteiger partial charge in [0.1, 0.15) is 17.3 Å². The number of rotatable bonds is 10. The summed E-state index contributed by atoms with van der Waals surface area (Å²) in [5.74, 6) is 0.953.